The topological polar surface area (TPSA) is 33.1 Å². The number of nitrogens with one attached hydrogen (secondary N) is 1. The molecular formula is C12H24N4. The highest BCUT2D eigenvalue weighted by atomic mass is 15.2. The van der Waals surface area contributed by atoms with E-state index < -0.39 is 0 Å². The Kier molecular flexibility index (Phi) is 4.10. The fourth-order valence-corrected chi connectivity index (χ4v) is 1.45. The Morgan fingerprint density at radius 1 is 1.50 bits per heavy atom. The molecule has 92 valence electrons. The molecule has 0 radical (unpaired) electrons. The highest BCUT2D eigenvalue weighted by Gasteiger charge is 2.21. The summed E-state index contributed by atoms with van der Waals surface area (Å²) in [6.07, 6.45) is 3.81. The van der Waals surface area contributed by atoms with Gasteiger partial charge in [0.15, 0.2) is 0 Å². The molecule has 0 aliphatic rings. The van der Waals surface area contributed by atoms with Gasteiger partial charge in [-0.05, 0) is 34.9 Å². The van der Waals surface area contributed by atoms with Crippen LogP contribution in [0.15, 0.2) is 12.4 Å². The van der Waals surface area contributed by atoms with Crippen LogP contribution in [-0.4, -0.2) is 40.6 Å². The fraction of sp³-hybridized carbons (Fsp3) is 0.750. The molecule has 0 aliphatic carbocycles. The molecule has 0 bridgehead atoms. The van der Waals surface area contributed by atoms with E-state index >= 15 is 0 Å². The largest absolute Gasteiger partial charge is 0.337 e. The number of aryl methyl sites for hydroxylation is 1. The smallest absolute Gasteiger partial charge is 0.125 e. The zero-order chi connectivity index (χ0) is 12.3. The van der Waals surface area contributed by atoms with E-state index in [4.69, 9.17) is 0 Å². The van der Waals surface area contributed by atoms with Gasteiger partial charge in [0.2, 0.25) is 0 Å². The molecule has 0 saturated carbocycles. The highest BCUT2D eigenvalue weighted by molar-refractivity contribution is 4.97. The molecule has 1 heterocycles. The van der Waals surface area contributed by atoms with E-state index in [1.165, 1.54) is 0 Å². The van der Waals surface area contributed by atoms with Crippen LogP contribution < -0.4 is 5.32 Å². The lowest BCUT2D eigenvalue weighted by Crippen LogP contribution is -2.47. The summed E-state index contributed by atoms with van der Waals surface area (Å²) in [5.74, 6) is 1.08. The third-order valence-corrected chi connectivity index (χ3v) is 3.30. The number of hydrogen-bond donors (Lipinski definition) is 1. The van der Waals surface area contributed by atoms with Crippen molar-refractivity contribution in [1.82, 2.24) is 19.8 Å². The van der Waals surface area contributed by atoms with Crippen molar-refractivity contribution in [3.8, 4) is 0 Å². The van der Waals surface area contributed by atoms with Gasteiger partial charge in [-0.2, -0.15) is 0 Å². The second-order valence-corrected chi connectivity index (χ2v) is 5.21. The maximum atomic E-state index is 4.35. The number of hydrogen-bond acceptors (Lipinski definition) is 3. The van der Waals surface area contributed by atoms with Crippen LogP contribution in [0.3, 0.4) is 0 Å². The lowest BCUT2D eigenvalue weighted by Gasteiger charge is -2.33. The number of likely N-dealkylation sites (N-methyl/N-ethyl adjacent to an activating group) is 1. The van der Waals surface area contributed by atoms with E-state index in [9.17, 15) is 0 Å². The fourth-order valence-electron chi connectivity index (χ4n) is 1.45. The van der Waals surface area contributed by atoms with Gasteiger partial charge in [-0.25, -0.2) is 4.98 Å². The van der Waals surface area contributed by atoms with Crippen molar-refractivity contribution in [2.45, 2.75) is 32.4 Å². The molecule has 4 heteroatoms. The Hall–Kier alpha value is -0.870. The monoisotopic (exact) mass is 224 g/mol. The molecule has 0 aliphatic heterocycles. The average Bonchev–Trinajstić information content (AvgIpc) is 2.61. The first-order valence-electron chi connectivity index (χ1n) is 5.72. The van der Waals surface area contributed by atoms with Gasteiger partial charge >= 0.3 is 0 Å². The second kappa shape index (κ2) is 4.97. The van der Waals surface area contributed by atoms with Crippen molar-refractivity contribution >= 4 is 0 Å². The van der Waals surface area contributed by atoms with Gasteiger partial charge in [-0.1, -0.05) is 0 Å². The van der Waals surface area contributed by atoms with Crippen LogP contribution in [0.4, 0.5) is 0 Å². The van der Waals surface area contributed by atoms with Crippen LogP contribution >= 0.6 is 0 Å². The maximum Gasteiger partial charge on any atom is 0.125 e. The summed E-state index contributed by atoms with van der Waals surface area (Å²) in [5.41, 5.74) is 0.152. The van der Waals surface area contributed by atoms with Gasteiger partial charge in [0.1, 0.15) is 5.82 Å². The predicted molar refractivity (Wildman–Crippen MR) is 67.4 cm³/mol. The van der Waals surface area contributed by atoms with Gasteiger partial charge in [0.05, 0.1) is 6.04 Å². The van der Waals surface area contributed by atoms with Crippen LogP contribution in [0, 0.1) is 0 Å². The first kappa shape index (κ1) is 13.2. The maximum absolute atomic E-state index is 4.35. The van der Waals surface area contributed by atoms with Crippen LogP contribution in [0.25, 0.3) is 0 Å². The zero-order valence-corrected chi connectivity index (χ0v) is 11.3. The molecule has 0 aromatic carbocycles. The molecule has 0 saturated heterocycles. The Bertz CT molecular complexity index is 328. The van der Waals surface area contributed by atoms with Gasteiger partial charge in [0, 0.05) is 31.5 Å². The van der Waals surface area contributed by atoms with Crippen LogP contribution in [0.2, 0.25) is 0 Å². The Labute approximate surface area is 98.7 Å². The van der Waals surface area contributed by atoms with Crippen LogP contribution in [0.1, 0.15) is 32.6 Å². The van der Waals surface area contributed by atoms with Gasteiger partial charge in [-0.3, -0.25) is 0 Å². The number of rotatable bonds is 5. The third-order valence-electron chi connectivity index (χ3n) is 3.30. The van der Waals surface area contributed by atoms with Crippen molar-refractivity contribution in [2.24, 2.45) is 7.05 Å². The van der Waals surface area contributed by atoms with E-state index in [-0.39, 0.29) is 11.6 Å². The van der Waals surface area contributed by atoms with Gasteiger partial charge < -0.3 is 14.8 Å². The molecule has 1 rings (SSSR count). The molecule has 1 atom stereocenters. The summed E-state index contributed by atoms with van der Waals surface area (Å²) >= 11 is 0. The van der Waals surface area contributed by atoms with E-state index in [1.807, 2.05) is 19.4 Å². The molecule has 0 fully saturated rings. The summed E-state index contributed by atoms with van der Waals surface area (Å²) in [6.45, 7) is 7.54. The summed E-state index contributed by atoms with van der Waals surface area (Å²) in [4.78, 5) is 6.58. The Morgan fingerprint density at radius 2 is 2.12 bits per heavy atom. The van der Waals surface area contributed by atoms with Crippen molar-refractivity contribution < 1.29 is 0 Å². The molecule has 0 amide bonds. The molecule has 0 spiro atoms. The van der Waals surface area contributed by atoms with Gasteiger partial charge in [0.25, 0.3) is 0 Å². The first-order chi connectivity index (χ1) is 7.34. The number of imidazole rings is 1. The SMILES string of the molecule is CC(NCC(C)(C)N(C)C)c1nccn1C. The van der Waals surface area contributed by atoms with Crippen molar-refractivity contribution in [3.05, 3.63) is 18.2 Å². The van der Waals surface area contributed by atoms with E-state index in [0.29, 0.717) is 0 Å². The minimum Gasteiger partial charge on any atom is -0.337 e. The normalized spacial score (nSPS) is 14.4. The molecule has 16 heavy (non-hydrogen) atoms. The standard InChI is InChI=1S/C12H24N4/c1-10(11-13-7-8-16(11)6)14-9-12(2,3)15(4)5/h7-8,10,14H,9H2,1-6H3. The second-order valence-electron chi connectivity index (χ2n) is 5.21. The van der Waals surface area contributed by atoms with Crippen molar-refractivity contribution in [2.75, 3.05) is 20.6 Å². The number of nitrogens with zero attached hydrogens (tertiary/aromatic N) is 3. The zero-order valence-electron chi connectivity index (χ0n) is 11.3. The molecule has 4 nitrogen and oxygen atoms in total. The van der Waals surface area contributed by atoms with Crippen molar-refractivity contribution in [3.63, 3.8) is 0 Å². The van der Waals surface area contributed by atoms with Gasteiger partial charge in [-0.15, -0.1) is 0 Å². The summed E-state index contributed by atoms with van der Waals surface area (Å²) in [6, 6.07) is 0.277. The van der Waals surface area contributed by atoms with E-state index in [2.05, 4.69) is 54.6 Å². The van der Waals surface area contributed by atoms with Crippen LogP contribution in [0.5, 0.6) is 0 Å². The molecular weight excluding hydrogens is 200 g/mol. The quantitative estimate of drug-likeness (QED) is 0.821. The average molecular weight is 224 g/mol. The minimum atomic E-state index is 0.152. The summed E-state index contributed by atoms with van der Waals surface area (Å²) < 4.78 is 2.06. The predicted octanol–water partition coefficient (Wildman–Crippen LogP) is 1.41. The van der Waals surface area contributed by atoms with Crippen LogP contribution in [-0.2, 0) is 7.05 Å². The molecule has 1 N–H and O–H groups in total. The minimum absolute atomic E-state index is 0.152. The Balaban J connectivity index is 2.54. The van der Waals surface area contributed by atoms with Crippen molar-refractivity contribution in [1.29, 1.82) is 0 Å². The molecule has 1 aromatic heterocycles. The lowest BCUT2D eigenvalue weighted by molar-refractivity contribution is 0.184. The Morgan fingerprint density at radius 3 is 2.56 bits per heavy atom. The lowest BCUT2D eigenvalue weighted by atomic mass is 10.0. The molecule has 1 unspecified atom stereocenters. The summed E-state index contributed by atoms with van der Waals surface area (Å²) in [7, 11) is 6.23. The highest BCUT2D eigenvalue weighted by Crippen LogP contribution is 2.13. The third kappa shape index (κ3) is 3.06. The summed E-state index contributed by atoms with van der Waals surface area (Å²) in [5, 5.41) is 3.52. The van der Waals surface area contributed by atoms with E-state index in [0.717, 1.165) is 12.4 Å². The number of aromatic nitrogens is 2. The van der Waals surface area contributed by atoms with E-state index in [1.54, 1.807) is 0 Å². The molecule has 1 aromatic rings. The first-order valence-corrected chi connectivity index (χ1v) is 5.72.